The Morgan fingerprint density at radius 3 is 2.46 bits per heavy atom. The number of carbonyl (C=O) groups excluding carboxylic acids is 1. The highest BCUT2D eigenvalue weighted by molar-refractivity contribution is 6.31. The molecule has 2 N–H and O–H groups in total. The Morgan fingerprint density at radius 1 is 1.08 bits per heavy atom. The van der Waals surface area contributed by atoms with Gasteiger partial charge in [-0.1, -0.05) is 41.4 Å². The Bertz CT molecular complexity index is 736. The third-order valence-electron chi connectivity index (χ3n) is 3.16. The monoisotopic (exact) mass is 376 g/mol. The first-order valence-electron chi connectivity index (χ1n) is 6.88. The van der Waals surface area contributed by atoms with E-state index in [1.807, 2.05) is 0 Å². The molecule has 0 atom stereocenters. The van der Waals surface area contributed by atoms with Crippen LogP contribution < -0.4 is 10.6 Å². The van der Waals surface area contributed by atoms with Crippen molar-refractivity contribution in [3.63, 3.8) is 0 Å². The van der Waals surface area contributed by atoms with Crippen LogP contribution in [0.4, 0.5) is 18.9 Å². The van der Waals surface area contributed by atoms with Crippen LogP contribution in [0.5, 0.6) is 0 Å². The minimum atomic E-state index is -4.57. The zero-order valence-corrected chi connectivity index (χ0v) is 13.8. The predicted octanol–water partition coefficient (Wildman–Crippen LogP) is 4.74. The molecule has 1 amide bonds. The maximum Gasteiger partial charge on any atom is 0.418 e. The fraction of sp³-hybridized carbons (Fsp3) is 0.188. The Morgan fingerprint density at radius 2 is 1.79 bits per heavy atom. The van der Waals surface area contributed by atoms with E-state index in [2.05, 4.69) is 10.6 Å². The van der Waals surface area contributed by atoms with Crippen molar-refractivity contribution in [2.24, 2.45) is 0 Å². The molecule has 0 saturated carbocycles. The lowest BCUT2D eigenvalue weighted by Gasteiger charge is -2.15. The second kappa shape index (κ2) is 7.77. The fourth-order valence-corrected chi connectivity index (χ4v) is 2.35. The zero-order valence-electron chi connectivity index (χ0n) is 12.3. The maximum atomic E-state index is 13.0. The molecular formula is C16H13Cl2F3N2O. The second-order valence-electron chi connectivity index (χ2n) is 4.91. The summed E-state index contributed by atoms with van der Waals surface area (Å²) in [4.78, 5) is 11.8. The molecule has 0 heterocycles. The van der Waals surface area contributed by atoms with Crippen LogP contribution in [0.3, 0.4) is 0 Å². The molecule has 128 valence electrons. The standard InChI is InChI=1S/C16H13Cl2F3N2O/c17-11-5-6-14(12(7-11)16(19,20)21)22-9-15(24)23-8-10-3-1-2-4-13(10)18/h1-7,22H,8-9H2,(H,23,24). The summed E-state index contributed by atoms with van der Waals surface area (Å²) < 4.78 is 38.9. The maximum absolute atomic E-state index is 13.0. The summed E-state index contributed by atoms with van der Waals surface area (Å²) >= 11 is 11.6. The second-order valence-corrected chi connectivity index (χ2v) is 5.75. The highest BCUT2D eigenvalue weighted by atomic mass is 35.5. The average molecular weight is 377 g/mol. The first-order valence-corrected chi connectivity index (χ1v) is 7.63. The van der Waals surface area contributed by atoms with E-state index in [1.165, 1.54) is 12.1 Å². The van der Waals surface area contributed by atoms with Gasteiger partial charge in [-0.3, -0.25) is 4.79 Å². The van der Waals surface area contributed by atoms with E-state index in [9.17, 15) is 18.0 Å². The fourth-order valence-electron chi connectivity index (χ4n) is 1.98. The van der Waals surface area contributed by atoms with Crippen molar-refractivity contribution in [2.45, 2.75) is 12.7 Å². The van der Waals surface area contributed by atoms with Crippen LogP contribution in [0.2, 0.25) is 10.0 Å². The number of carbonyl (C=O) groups is 1. The first kappa shape index (κ1) is 18.4. The first-order chi connectivity index (χ1) is 11.3. The summed E-state index contributed by atoms with van der Waals surface area (Å²) in [7, 11) is 0. The minimum absolute atomic E-state index is 0.0314. The van der Waals surface area contributed by atoms with Crippen LogP contribution in [0, 0.1) is 0 Å². The van der Waals surface area contributed by atoms with Crippen molar-refractivity contribution in [1.29, 1.82) is 0 Å². The van der Waals surface area contributed by atoms with Crippen molar-refractivity contribution in [3.8, 4) is 0 Å². The molecule has 0 aliphatic carbocycles. The molecule has 2 aromatic rings. The quantitative estimate of drug-likeness (QED) is 0.790. The molecule has 2 aromatic carbocycles. The molecule has 8 heteroatoms. The topological polar surface area (TPSA) is 41.1 Å². The Kier molecular flexibility index (Phi) is 5.96. The van der Waals surface area contributed by atoms with Gasteiger partial charge in [-0.2, -0.15) is 13.2 Å². The largest absolute Gasteiger partial charge is 0.418 e. The number of halogens is 5. The molecule has 24 heavy (non-hydrogen) atoms. The lowest BCUT2D eigenvalue weighted by molar-refractivity contribution is -0.137. The number of amides is 1. The van der Waals surface area contributed by atoms with Gasteiger partial charge in [0.2, 0.25) is 5.91 Å². The molecule has 0 saturated heterocycles. The number of nitrogens with one attached hydrogen (secondary N) is 2. The van der Waals surface area contributed by atoms with Crippen molar-refractivity contribution in [3.05, 3.63) is 63.6 Å². The normalized spacial score (nSPS) is 11.2. The molecule has 0 bridgehead atoms. The number of hydrogen-bond acceptors (Lipinski definition) is 2. The summed E-state index contributed by atoms with van der Waals surface area (Å²) in [5.74, 6) is -0.460. The van der Waals surface area contributed by atoms with Gasteiger partial charge in [-0.25, -0.2) is 0 Å². The molecule has 0 fully saturated rings. The van der Waals surface area contributed by atoms with Crippen LogP contribution in [-0.4, -0.2) is 12.5 Å². The average Bonchev–Trinajstić information content (AvgIpc) is 2.52. The Labute approximate surface area is 146 Å². The molecule has 2 rings (SSSR count). The van der Waals surface area contributed by atoms with Crippen LogP contribution in [-0.2, 0) is 17.5 Å². The van der Waals surface area contributed by atoms with Gasteiger partial charge in [0.1, 0.15) is 0 Å². The molecule has 0 aromatic heterocycles. The number of alkyl halides is 3. The van der Waals surface area contributed by atoms with E-state index in [0.29, 0.717) is 5.02 Å². The third-order valence-corrected chi connectivity index (χ3v) is 3.76. The lowest BCUT2D eigenvalue weighted by Crippen LogP contribution is -2.30. The molecular weight excluding hydrogens is 364 g/mol. The number of benzene rings is 2. The van der Waals surface area contributed by atoms with Gasteiger partial charge in [-0.15, -0.1) is 0 Å². The van der Waals surface area contributed by atoms with Crippen LogP contribution in [0.1, 0.15) is 11.1 Å². The number of rotatable bonds is 5. The molecule has 0 radical (unpaired) electrons. The summed E-state index contributed by atoms with van der Waals surface area (Å²) in [6.07, 6.45) is -4.57. The van der Waals surface area contributed by atoms with E-state index in [4.69, 9.17) is 23.2 Å². The van der Waals surface area contributed by atoms with Gasteiger partial charge in [0, 0.05) is 22.3 Å². The molecule has 0 spiro atoms. The zero-order chi connectivity index (χ0) is 17.7. The van der Waals surface area contributed by atoms with Crippen LogP contribution in [0.15, 0.2) is 42.5 Å². The smallest absolute Gasteiger partial charge is 0.376 e. The van der Waals surface area contributed by atoms with Gasteiger partial charge in [0.25, 0.3) is 0 Å². The summed E-state index contributed by atoms with van der Waals surface area (Å²) in [5.41, 5.74) is -0.413. The van der Waals surface area contributed by atoms with Gasteiger partial charge in [0.05, 0.1) is 12.1 Å². The summed E-state index contributed by atoms with van der Waals surface area (Å²) in [6.45, 7) is -0.123. The van der Waals surface area contributed by atoms with E-state index in [-0.39, 0.29) is 23.8 Å². The minimum Gasteiger partial charge on any atom is -0.376 e. The van der Waals surface area contributed by atoms with E-state index < -0.39 is 17.6 Å². The number of hydrogen-bond donors (Lipinski definition) is 2. The van der Waals surface area contributed by atoms with Gasteiger partial charge < -0.3 is 10.6 Å². The van der Waals surface area contributed by atoms with Crippen molar-refractivity contribution < 1.29 is 18.0 Å². The van der Waals surface area contributed by atoms with Gasteiger partial charge >= 0.3 is 6.18 Å². The molecule has 0 unspecified atom stereocenters. The van der Waals surface area contributed by atoms with E-state index in [0.717, 1.165) is 11.6 Å². The van der Waals surface area contributed by atoms with E-state index in [1.54, 1.807) is 24.3 Å². The summed E-state index contributed by atoms with van der Waals surface area (Å²) in [5, 5.41) is 5.53. The molecule has 0 aliphatic rings. The SMILES string of the molecule is O=C(CNc1ccc(Cl)cc1C(F)(F)F)NCc1ccccc1Cl. The summed E-state index contributed by atoms with van der Waals surface area (Å²) in [6, 6.07) is 10.3. The van der Waals surface area contributed by atoms with Crippen molar-refractivity contribution in [1.82, 2.24) is 5.32 Å². The van der Waals surface area contributed by atoms with Crippen molar-refractivity contribution in [2.75, 3.05) is 11.9 Å². The molecule has 3 nitrogen and oxygen atoms in total. The van der Waals surface area contributed by atoms with Gasteiger partial charge in [-0.05, 0) is 29.8 Å². The highest BCUT2D eigenvalue weighted by Gasteiger charge is 2.33. The number of anilines is 1. The molecule has 0 aliphatic heterocycles. The predicted molar refractivity (Wildman–Crippen MR) is 88.2 cm³/mol. The van der Waals surface area contributed by atoms with Crippen LogP contribution >= 0.6 is 23.2 Å². The van der Waals surface area contributed by atoms with Gasteiger partial charge in [0.15, 0.2) is 0 Å². The van der Waals surface area contributed by atoms with Crippen LogP contribution in [0.25, 0.3) is 0 Å². The lowest BCUT2D eigenvalue weighted by atomic mass is 10.1. The van der Waals surface area contributed by atoms with Crippen molar-refractivity contribution >= 4 is 34.8 Å². The Balaban J connectivity index is 1.96. The highest BCUT2D eigenvalue weighted by Crippen LogP contribution is 2.36. The third kappa shape index (κ3) is 5.04. The Hall–Kier alpha value is -1.92. The van der Waals surface area contributed by atoms with E-state index >= 15 is 0 Å².